The number of hydrogen-bond donors (Lipinski definition) is 2. The van der Waals surface area contributed by atoms with E-state index in [9.17, 15) is 24.2 Å². The quantitative estimate of drug-likeness (QED) is 0.0157. The van der Waals surface area contributed by atoms with Gasteiger partial charge in [0.05, 0.1) is 33.9 Å². The Morgan fingerprint density at radius 1 is 0.627 bits per heavy atom. The molecule has 0 saturated heterocycles. The molecule has 0 fully saturated rings. The van der Waals surface area contributed by atoms with Crippen molar-refractivity contribution in [3.8, 4) is 0 Å². The monoisotopic (exact) mass is 845 g/mol. The number of aliphatic hydroxyl groups excluding tert-OH is 1. The van der Waals surface area contributed by atoms with Crippen LogP contribution in [0.15, 0.2) is 109 Å². The average molecular weight is 845 g/mol. The van der Waals surface area contributed by atoms with Crippen LogP contribution in [0.3, 0.4) is 0 Å². The van der Waals surface area contributed by atoms with Gasteiger partial charge in [-0.2, -0.15) is 0 Å². The maximum Gasteiger partial charge on any atom is 0.472 e. The third-order valence-electron chi connectivity index (χ3n) is 8.36. The van der Waals surface area contributed by atoms with Gasteiger partial charge in [0.25, 0.3) is 0 Å². The lowest BCUT2D eigenvalue weighted by Gasteiger charge is -2.24. The molecule has 0 aliphatic heterocycles. The van der Waals surface area contributed by atoms with Crippen LogP contribution in [0.25, 0.3) is 0 Å². The van der Waals surface area contributed by atoms with Crippen LogP contribution in [0, 0.1) is 0 Å². The third-order valence-corrected chi connectivity index (χ3v) is 9.35. The molecule has 334 valence electrons. The maximum atomic E-state index is 12.7. The van der Waals surface area contributed by atoms with E-state index in [0.29, 0.717) is 36.7 Å². The molecule has 59 heavy (non-hydrogen) atoms. The second-order valence-electron chi connectivity index (χ2n) is 15.2. The van der Waals surface area contributed by atoms with Gasteiger partial charge in [-0.15, -0.1) is 0 Å². The molecule has 0 aromatic heterocycles. The molecule has 0 amide bonds. The Morgan fingerprint density at radius 3 is 1.68 bits per heavy atom. The minimum atomic E-state index is -4.42. The lowest BCUT2D eigenvalue weighted by molar-refractivity contribution is -0.870. The maximum absolute atomic E-state index is 12.7. The number of aliphatic hydroxyl groups is 1. The highest BCUT2D eigenvalue weighted by Gasteiger charge is 2.27. The molecular formula is C48H79NO9P+. The van der Waals surface area contributed by atoms with Crippen LogP contribution in [0.2, 0.25) is 0 Å². The molecular weight excluding hydrogens is 766 g/mol. The number of carbonyl (C=O) groups is 2. The zero-order chi connectivity index (χ0) is 43.7. The Kier molecular flexibility index (Phi) is 36.6. The number of rotatable bonds is 37. The van der Waals surface area contributed by atoms with Crippen molar-refractivity contribution in [2.75, 3.05) is 47.5 Å². The number of quaternary nitrogens is 1. The van der Waals surface area contributed by atoms with Crippen LogP contribution in [0.4, 0.5) is 0 Å². The summed E-state index contributed by atoms with van der Waals surface area (Å²) in [6, 6.07) is 0. The van der Waals surface area contributed by atoms with Crippen molar-refractivity contribution < 1.29 is 47.2 Å². The molecule has 0 aliphatic rings. The summed E-state index contributed by atoms with van der Waals surface area (Å²) in [5.41, 5.74) is 0. The molecule has 10 nitrogen and oxygen atoms in total. The molecule has 11 heteroatoms. The number of nitrogens with zero attached hydrogens (tertiary/aromatic N) is 1. The largest absolute Gasteiger partial charge is 0.472 e. The van der Waals surface area contributed by atoms with Crippen molar-refractivity contribution in [1.29, 1.82) is 0 Å². The highest BCUT2D eigenvalue weighted by Crippen LogP contribution is 2.43. The van der Waals surface area contributed by atoms with Gasteiger partial charge in [0.15, 0.2) is 6.10 Å². The van der Waals surface area contributed by atoms with Crippen molar-refractivity contribution in [1.82, 2.24) is 0 Å². The van der Waals surface area contributed by atoms with Crippen molar-refractivity contribution in [2.24, 2.45) is 0 Å². The Labute approximate surface area is 358 Å². The van der Waals surface area contributed by atoms with E-state index in [2.05, 4.69) is 61.6 Å². The summed E-state index contributed by atoms with van der Waals surface area (Å²) in [6.07, 6.45) is 49.2. The molecule has 2 N–H and O–H groups in total. The van der Waals surface area contributed by atoms with Gasteiger partial charge in [0.2, 0.25) is 0 Å². The first-order valence-corrected chi connectivity index (χ1v) is 23.2. The van der Waals surface area contributed by atoms with Crippen molar-refractivity contribution in [3.63, 3.8) is 0 Å². The Hall–Kier alpha value is -3.37. The number of carbonyl (C=O) groups excluding carboxylic acids is 2. The van der Waals surface area contributed by atoms with Crippen molar-refractivity contribution >= 4 is 19.8 Å². The number of ether oxygens (including phenoxy) is 2. The van der Waals surface area contributed by atoms with Crippen molar-refractivity contribution in [3.05, 3.63) is 109 Å². The summed E-state index contributed by atoms with van der Waals surface area (Å²) in [4.78, 5) is 35.3. The molecule has 0 aromatic rings. The van der Waals surface area contributed by atoms with E-state index in [4.69, 9.17) is 18.5 Å². The molecule has 0 radical (unpaired) electrons. The van der Waals surface area contributed by atoms with Gasteiger partial charge in [-0.1, -0.05) is 136 Å². The van der Waals surface area contributed by atoms with E-state index in [-0.39, 0.29) is 26.1 Å². The number of hydrogen-bond acceptors (Lipinski definition) is 8. The Balaban J connectivity index is 4.62. The first kappa shape index (κ1) is 55.6. The minimum Gasteiger partial charge on any atom is -0.462 e. The smallest absolute Gasteiger partial charge is 0.462 e. The normalized spacial score (nSPS) is 15.2. The zero-order valence-corrected chi connectivity index (χ0v) is 37.9. The number of unbranched alkanes of at least 4 members (excludes halogenated alkanes) is 5. The molecule has 0 bridgehead atoms. The van der Waals surface area contributed by atoms with Gasteiger partial charge in [0.1, 0.15) is 19.8 Å². The van der Waals surface area contributed by atoms with Crippen molar-refractivity contribution in [2.45, 2.75) is 135 Å². The number of phosphoric acid groups is 1. The first-order chi connectivity index (χ1) is 28.4. The van der Waals surface area contributed by atoms with E-state index in [0.717, 1.165) is 51.4 Å². The van der Waals surface area contributed by atoms with Crippen LogP contribution in [-0.2, 0) is 32.7 Å². The van der Waals surface area contributed by atoms with Crippen LogP contribution >= 0.6 is 7.82 Å². The molecule has 0 saturated carbocycles. The molecule has 0 spiro atoms. The second kappa shape index (κ2) is 38.8. The van der Waals surface area contributed by atoms with Gasteiger partial charge in [-0.3, -0.25) is 18.6 Å². The van der Waals surface area contributed by atoms with Crippen LogP contribution in [0.1, 0.15) is 123 Å². The predicted octanol–water partition coefficient (Wildman–Crippen LogP) is 11.3. The van der Waals surface area contributed by atoms with E-state index in [1.165, 1.54) is 19.3 Å². The van der Waals surface area contributed by atoms with E-state index in [1.54, 1.807) is 0 Å². The summed E-state index contributed by atoms with van der Waals surface area (Å²) in [6.45, 7) is 3.97. The molecule has 0 aromatic carbocycles. The van der Waals surface area contributed by atoms with Crippen LogP contribution in [-0.4, -0.2) is 86.1 Å². The van der Waals surface area contributed by atoms with E-state index >= 15 is 0 Å². The van der Waals surface area contributed by atoms with E-state index < -0.39 is 38.6 Å². The number of allylic oxidation sites excluding steroid dienone is 16. The number of esters is 2. The summed E-state index contributed by atoms with van der Waals surface area (Å²) in [5, 5.41) is 9.78. The fourth-order valence-electron chi connectivity index (χ4n) is 4.94. The Morgan fingerprint density at radius 2 is 1.14 bits per heavy atom. The molecule has 0 aliphatic carbocycles. The Bertz CT molecular complexity index is 1380. The van der Waals surface area contributed by atoms with Crippen LogP contribution in [0.5, 0.6) is 0 Å². The second-order valence-corrected chi connectivity index (χ2v) is 16.6. The number of phosphoric ester groups is 1. The predicted molar refractivity (Wildman–Crippen MR) is 244 cm³/mol. The summed E-state index contributed by atoms with van der Waals surface area (Å²) in [5.74, 6) is -0.970. The first-order valence-electron chi connectivity index (χ1n) is 21.7. The molecule has 2 unspecified atom stereocenters. The fourth-order valence-corrected chi connectivity index (χ4v) is 5.68. The lowest BCUT2D eigenvalue weighted by Crippen LogP contribution is -2.37. The average Bonchev–Trinajstić information content (AvgIpc) is 3.18. The summed E-state index contributed by atoms with van der Waals surface area (Å²) >= 11 is 0. The molecule has 0 heterocycles. The standard InChI is InChI=1S/C48H78NO9P/c1-6-8-10-11-12-13-14-15-16-17-18-19-23-26-29-32-35-39-47(51)55-43-46(44-57-59(53,54)56-42-41-49(3,4)5)58-48(52)40-36-33-30-27-24-21-20-22-25-28-31-34-38-45(50)37-9-7-2/h9,12-13,15-16,18-21,25-31,34,37,45-46,50H,6-8,10-11,14,17,22-24,32-33,35-36,38-44H2,1-5H3/p+1/b13-12-,16-15-,19-18-,21-20-,28-25-,29-26-,30-27-,34-31+,37-9-/t45?,46-/m1/s1. The van der Waals surface area contributed by atoms with Gasteiger partial charge in [-0.05, 0) is 83.5 Å². The van der Waals surface area contributed by atoms with Gasteiger partial charge in [0, 0.05) is 12.8 Å². The molecule has 3 atom stereocenters. The summed E-state index contributed by atoms with van der Waals surface area (Å²) in [7, 11) is 1.36. The highest BCUT2D eigenvalue weighted by atomic mass is 31.2. The van der Waals surface area contributed by atoms with Gasteiger partial charge in [-0.25, -0.2) is 4.57 Å². The van der Waals surface area contributed by atoms with Gasteiger partial charge >= 0.3 is 19.8 Å². The summed E-state index contributed by atoms with van der Waals surface area (Å²) < 4.78 is 34.1. The fraction of sp³-hybridized carbons (Fsp3) is 0.583. The number of likely N-dealkylation sites (N-methyl/N-ethyl adjacent to an activating group) is 1. The van der Waals surface area contributed by atoms with Crippen LogP contribution < -0.4 is 0 Å². The lowest BCUT2D eigenvalue weighted by atomic mass is 10.2. The minimum absolute atomic E-state index is 0.00180. The van der Waals surface area contributed by atoms with E-state index in [1.807, 2.05) is 82.8 Å². The molecule has 0 rings (SSSR count). The highest BCUT2D eigenvalue weighted by molar-refractivity contribution is 7.47. The third kappa shape index (κ3) is 42.6. The zero-order valence-electron chi connectivity index (χ0n) is 37.0. The topological polar surface area (TPSA) is 129 Å². The van der Waals surface area contributed by atoms with Gasteiger partial charge < -0.3 is 24.0 Å². The SMILES string of the molecule is CC/C=C\C(O)C/C=C/C=C\C/C=C\C/C=C\CCCC(=O)O[C@H](COC(=O)CCC/C=C\C/C=C\C/C=C\C/C=C\CCCCC)COP(=O)(O)OCC[N+](C)(C)C.